The van der Waals surface area contributed by atoms with E-state index in [0.29, 0.717) is 5.41 Å². The van der Waals surface area contributed by atoms with Crippen LogP contribution in [0.5, 0.6) is 0 Å². The maximum absolute atomic E-state index is 5.67. The van der Waals surface area contributed by atoms with Gasteiger partial charge in [-0.15, -0.1) is 0 Å². The summed E-state index contributed by atoms with van der Waals surface area (Å²) in [7, 11) is 2.33. The molecule has 1 unspecified atom stereocenters. The summed E-state index contributed by atoms with van der Waals surface area (Å²) in [5.41, 5.74) is 6.26. The first kappa shape index (κ1) is 17.0. The van der Waals surface area contributed by atoms with Gasteiger partial charge in [-0.1, -0.05) is 27.2 Å². The molecule has 0 aliphatic heterocycles. The average molecular weight is 268 g/mol. The van der Waals surface area contributed by atoms with Crippen molar-refractivity contribution in [2.75, 3.05) is 20.1 Å². The zero-order valence-corrected chi connectivity index (χ0v) is 13.8. The van der Waals surface area contributed by atoms with Crippen molar-refractivity contribution in [2.24, 2.45) is 17.1 Å². The van der Waals surface area contributed by atoms with Gasteiger partial charge in [0.2, 0.25) is 0 Å². The van der Waals surface area contributed by atoms with Gasteiger partial charge >= 0.3 is 0 Å². The Labute approximate surface area is 121 Å². The van der Waals surface area contributed by atoms with Gasteiger partial charge in [-0.05, 0) is 76.4 Å². The standard InChI is InChI=1S/C17H36N2/c1-5-15(10-13-18)7-6-14-19(4)16-8-11-17(2,3)12-9-16/h15-16H,5-14,18H2,1-4H3. The van der Waals surface area contributed by atoms with E-state index in [1.807, 2.05) is 0 Å². The molecule has 0 aromatic heterocycles. The molecule has 1 atom stereocenters. The number of nitrogens with zero attached hydrogens (tertiary/aromatic N) is 1. The smallest absolute Gasteiger partial charge is 0.00926 e. The number of nitrogens with two attached hydrogens (primary N) is 1. The minimum atomic E-state index is 0.589. The summed E-state index contributed by atoms with van der Waals surface area (Å²) < 4.78 is 0. The van der Waals surface area contributed by atoms with Crippen LogP contribution < -0.4 is 5.73 Å². The lowest BCUT2D eigenvalue weighted by Gasteiger charge is -2.38. The topological polar surface area (TPSA) is 29.3 Å². The van der Waals surface area contributed by atoms with Crippen LogP contribution in [0.4, 0.5) is 0 Å². The van der Waals surface area contributed by atoms with Crippen molar-refractivity contribution in [3.05, 3.63) is 0 Å². The highest BCUT2D eigenvalue weighted by atomic mass is 15.1. The van der Waals surface area contributed by atoms with E-state index in [9.17, 15) is 0 Å². The Morgan fingerprint density at radius 3 is 2.37 bits per heavy atom. The molecule has 2 heteroatoms. The minimum Gasteiger partial charge on any atom is -0.330 e. The molecule has 0 spiro atoms. The van der Waals surface area contributed by atoms with Gasteiger partial charge in [-0.3, -0.25) is 0 Å². The molecule has 0 aromatic carbocycles. The Balaban J connectivity index is 2.19. The Kier molecular flexibility index (Phi) is 7.38. The molecule has 114 valence electrons. The van der Waals surface area contributed by atoms with Gasteiger partial charge in [-0.2, -0.15) is 0 Å². The predicted octanol–water partition coefficient (Wildman–Crippen LogP) is 4.04. The fourth-order valence-corrected chi connectivity index (χ4v) is 3.43. The van der Waals surface area contributed by atoms with E-state index in [1.54, 1.807) is 0 Å². The molecule has 19 heavy (non-hydrogen) atoms. The summed E-state index contributed by atoms with van der Waals surface area (Å²) in [4.78, 5) is 2.62. The second-order valence-electron chi connectivity index (χ2n) is 7.37. The van der Waals surface area contributed by atoms with E-state index in [0.717, 1.165) is 18.5 Å². The van der Waals surface area contributed by atoms with Crippen LogP contribution in [0.3, 0.4) is 0 Å². The van der Waals surface area contributed by atoms with E-state index in [4.69, 9.17) is 5.73 Å². The highest BCUT2D eigenvalue weighted by Gasteiger charge is 2.28. The normalized spacial score (nSPS) is 21.8. The van der Waals surface area contributed by atoms with E-state index < -0.39 is 0 Å². The molecule has 1 saturated carbocycles. The van der Waals surface area contributed by atoms with E-state index in [2.05, 4.69) is 32.7 Å². The fraction of sp³-hybridized carbons (Fsp3) is 1.00. The van der Waals surface area contributed by atoms with Gasteiger partial charge in [0, 0.05) is 6.04 Å². The quantitative estimate of drug-likeness (QED) is 0.720. The van der Waals surface area contributed by atoms with Gasteiger partial charge in [0.05, 0.1) is 0 Å². The SMILES string of the molecule is CCC(CCN)CCCN(C)C1CCC(C)(C)CC1. The zero-order chi connectivity index (χ0) is 14.3. The van der Waals surface area contributed by atoms with Crippen LogP contribution in [0.15, 0.2) is 0 Å². The number of hydrogen-bond donors (Lipinski definition) is 1. The Morgan fingerprint density at radius 2 is 1.84 bits per heavy atom. The van der Waals surface area contributed by atoms with Crippen molar-refractivity contribution >= 4 is 0 Å². The third-order valence-electron chi connectivity index (χ3n) is 5.21. The van der Waals surface area contributed by atoms with Crippen LogP contribution in [-0.4, -0.2) is 31.1 Å². The third kappa shape index (κ3) is 6.27. The lowest BCUT2D eigenvalue weighted by atomic mass is 9.75. The molecule has 1 rings (SSSR count). The highest BCUT2D eigenvalue weighted by Crippen LogP contribution is 2.36. The lowest BCUT2D eigenvalue weighted by Crippen LogP contribution is -2.37. The van der Waals surface area contributed by atoms with E-state index in [-0.39, 0.29) is 0 Å². The molecule has 0 amide bonds. The number of rotatable bonds is 8. The molecular weight excluding hydrogens is 232 g/mol. The zero-order valence-electron chi connectivity index (χ0n) is 13.8. The summed E-state index contributed by atoms with van der Waals surface area (Å²) in [5, 5.41) is 0. The van der Waals surface area contributed by atoms with Crippen LogP contribution in [0.25, 0.3) is 0 Å². The molecule has 1 aliphatic carbocycles. The first-order valence-electron chi connectivity index (χ1n) is 8.39. The second kappa shape index (κ2) is 8.26. The average Bonchev–Trinajstić information content (AvgIpc) is 2.37. The van der Waals surface area contributed by atoms with Gasteiger partial charge < -0.3 is 10.6 Å². The van der Waals surface area contributed by atoms with Crippen molar-refractivity contribution < 1.29 is 0 Å². The Hall–Kier alpha value is -0.0800. The molecular formula is C17H36N2. The fourth-order valence-electron chi connectivity index (χ4n) is 3.43. The summed E-state index contributed by atoms with van der Waals surface area (Å²) >= 11 is 0. The van der Waals surface area contributed by atoms with Crippen molar-refractivity contribution in [2.45, 2.75) is 78.2 Å². The van der Waals surface area contributed by atoms with Crippen LogP contribution in [0.1, 0.15) is 72.1 Å². The number of hydrogen-bond acceptors (Lipinski definition) is 2. The lowest BCUT2D eigenvalue weighted by molar-refractivity contribution is 0.125. The van der Waals surface area contributed by atoms with Crippen LogP contribution >= 0.6 is 0 Å². The molecule has 0 bridgehead atoms. The molecule has 0 aromatic rings. The second-order valence-corrected chi connectivity index (χ2v) is 7.37. The van der Waals surface area contributed by atoms with Crippen molar-refractivity contribution in [1.29, 1.82) is 0 Å². The van der Waals surface area contributed by atoms with Gasteiger partial charge in [0.1, 0.15) is 0 Å². The summed E-state index contributed by atoms with van der Waals surface area (Å²) in [6, 6.07) is 0.836. The van der Waals surface area contributed by atoms with Crippen LogP contribution in [0, 0.1) is 11.3 Å². The maximum atomic E-state index is 5.67. The summed E-state index contributed by atoms with van der Waals surface area (Å²) in [5.74, 6) is 0.851. The largest absolute Gasteiger partial charge is 0.330 e. The molecule has 1 fully saturated rings. The molecule has 1 aliphatic rings. The first-order valence-corrected chi connectivity index (χ1v) is 8.39. The van der Waals surface area contributed by atoms with Gasteiger partial charge in [0.25, 0.3) is 0 Å². The first-order chi connectivity index (χ1) is 8.98. The van der Waals surface area contributed by atoms with Gasteiger partial charge in [-0.25, -0.2) is 0 Å². The van der Waals surface area contributed by atoms with E-state index >= 15 is 0 Å². The van der Waals surface area contributed by atoms with Crippen LogP contribution in [0.2, 0.25) is 0 Å². The van der Waals surface area contributed by atoms with Crippen molar-refractivity contribution in [3.8, 4) is 0 Å². The maximum Gasteiger partial charge on any atom is 0.00926 e. The summed E-state index contributed by atoms with van der Waals surface area (Å²) in [6.45, 7) is 9.26. The predicted molar refractivity (Wildman–Crippen MR) is 85.4 cm³/mol. The third-order valence-corrected chi connectivity index (χ3v) is 5.21. The molecule has 0 heterocycles. The van der Waals surface area contributed by atoms with Crippen molar-refractivity contribution in [3.63, 3.8) is 0 Å². The minimum absolute atomic E-state index is 0.589. The van der Waals surface area contributed by atoms with Gasteiger partial charge in [0.15, 0.2) is 0 Å². The van der Waals surface area contributed by atoms with E-state index in [1.165, 1.54) is 57.9 Å². The monoisotopic (exact) mass is 268 g/mol. The summed E-state index contributed by atoms with van der Waals surface area (Å²) in [6.07, 6.45) is 10.8. The highest BCUT2D eigenvalue weighted by molar-refractivity contribution is 4.82. The molecule has 2 nitrogen and oxygen atoms in total. The molecule has 0 saturated heterocycles. The molecule has 2 N–H and O–H groups in total. The Morgan fingerprint density at radius 1 is 1.21 bits per heavy atom. The van der Waals surface area contributed by atoms with Crippen molar-refractivity contribution in [1.82, 2.24) is 4.90 Å². The Bertz CT molecular complexity index is 227. The van der Waals surface area contributed by atoms with Crippen LogP contribution in [-0.2, 0) is 0 Å². The molecule has 0 radical (unpaired) electrons.